The van der Waals surface area contributed by atoms with Gasteiger partial charge in [-0.2, -0.15) is 11.8 Å². The Morgan fingerprint density at radius 3 is 2.94 bits per heavy atom. The van der Waals surface area contributed by atoms with Crippen LogP contribution in [0.1, 0.15) is 5.56 Å². The van der Waals surface area contributed by atoms with Crippen molar-refractivity contribution < 1.29 is 4.74 Å². The first kappa shape index (κ1) is 12.6. The van der Waals surface area contributed by atoms with Gasteiger partial charge in [0, 0.05) is 15.6 Å². The Kier molecular flexibility index (Phi) is 4.45. The molecule has 88 valence electrons. The second-order valence-electron chi connectivity index (χ2n) is 3.97. The van der Waals surface area contributed by atoms with Gasteiger partial charge in [0.25, 0.3) is 0 Å². The predicted molar refractivity (Wildman–Crippen MR) is 74.9 cm³/mol. The molecule has 1 fully saturated rings. The second kappa shape index (κ2) is 5.65. The van der Waals surface area contributed by atoms with Crippen LogP contribution in [-0.4, -0.2) is 24.0 Å². The van der Waals surface area contributed by atoms with E-state index in [0.29, 0.717) is 11.3 Å². The minimum absolute atomic E-state index is 0.308. The van der Waals surface area contributed by atoms with Gasteiger partial charge in [-0.05, 0) is 41.9 Å². The Balaban J connectivity index is 2.13. The van der Waals surface area contributed by atoms with Crippen molar-refractivity contribution in [2.75, 3.05) is 18.6 Å². The van der Waals surface area contributed by atoms with Crippen LogP contribution in [0.3, 0.4) is 0 Å². The summed E-state index contributed by atoms with van der Waals surface area (Å²) in [4.78, 5) is 0. The fraction of sp³-hybridized carbons (Fsp3) is 0.500. The first-order valence-corrected chi connectivity index (χ1v) is 7.63. The number of alkyl halides is 1. The third kappa shape index (κ3) is 2.88. The van der Waals surface area contributed by atoms with E-state index in [4.69, 9.17) is 16.3 Å². The molecule has 16 heavy (non-hydrogen) atoms. The van der Waals surface area contributed by atoms with Crippen LogP contribution >= 0.6 is 39.3 Å². The van der Waals surface area contributed by atoms with Crippen molar-refractivity contribution in [3.05, 3.63) is 28.2 Å². The molecule has 1 aromatic carbocycles. The van der Waals surface area contributed by atoms with Crippen molar-refractivity contribution in [2.24, 2.45) is 5.92 Å². The lowest BCUT2D eigenvalue weighted by Gasteiger charge is -2.14. The highest BCUT2D eigenvalue weighted by Gasteiger charge is 2.26. The van der Waals surface area contributed by atoms with Crippen molar-refractivity contribution in [3.63, 3.8) is 0 Å². The van der Waals surface area contributed by atoms with Crippen LogP contribution in [0.4, 0.5) is 0 Å². The van der Waals surface area contributed by atoms with E-state index in [1.54, 1.807) is 7.11 Å². The second-order valence-corrected chi connectivity index (χ2v) is 6.46. The first-order chi connectivity index (χ1) is 7.70. The van der Waals surface area contributed by atoms with Crippen LogP contribution in [0, 0.1) is 5.92 Å². The van der Waals surface area contributed by atoms with Crippen molar-refractivity contribution in [1.82, 2.24) is 0 Å². The van der Waals surface area contributed by atoms with Crippen LogP contribution in [0.25, 0.3) is 0 Å². The third-order valence-corrected chi connectivity index (χ3v) is 5.58. The van der Waals surface area contributed by atoms with Gasteiger partial charge >= 0.3 is 0 Å². The number of hydrogen-bond donors (Lipinski definition) is 0. The van der Waals surface area contributed by atoms with Crippen molar-refractivity contribution >= 4 is 39.3 Å². The predicted octanol–water partition coefficient (Wildman–Crippen LogP) is 3.97. The summed E-state index contributed by atoms with van der Waals surface area (Å²) in [6.45, 7) is 0. The van der Waals surface area contributed by atoms with E-state index in [2.05, 4.69) is 22.0 Å². The SMILES string of the molecule is COc1ccc(Br)c(CC2CSCC2Cl)c1. The maximum absolute atomic E-state index is 6.29. The van der Waals surface area contributed by atoms with Crippen molar-refractivity contribution in [2.45, 2.75) is 11.8 Å². The molecule has 1 aliphatic rings. The highest BCUT2D eigenvalue weighted by molar-refractivity contribution is 9.10. The fourth-order valence-electron chi connectivity index (χ4n) is 1.88. The molecule has 2 atom stereocenters. The van der Waals surface area contributed by atoms with E-state index in [1.165, 1.54) is 5.56 Å². The van der Waals surface area contributed by atoms with E-state index in [-0.39, 0.29) is 0 Å². The van der Waals surface area contributed by atoms with Crippen LogP contribution in [0.15, 0.2) is 22.7 Å². The van der Waals surface area contributed by atoms with E-state index >= 15 is 0 Å². The summed E-state index contributed by atoms with van der Waals surface area (Å²) >= 11 is 11.8. The Morgan fingerprint density at radius 1 is 1.50 bits per heavy atom. The minimum Gasteiger partial charge on any atom is -0.497 e. The molecule has 1 nitrogen and oxygen atoms in total. The Labute approximate surface area is 114 Å². The molecular formula is C12H14BrClOS. The van der Waals surface area contributed by atoms with Gasteiger partial charge in [-0.25, -0.2) is 0 Å². The Hall–Kier alpha value is 0.140. The number of hydrogen-bond acceptors (Lipinski definition) is 2. The molecule has 0 aliphatic carbocycles. The standard InChI is InChI=1S/C12H14BrClOS/c1-15-10-2-3-11(13)8(5-10)4-9-6-16-7-12(9)14/h2-3,5,9,12H,4,6-7H2,1H3. The lowest BCUT2D eigenvalue weighted by atomic mass is 9.98. The van der Waals surface area contributed by atoms with Gasteiger partial charge in [0.05, 0.1) is 7.11 Å². The largest absolute Gasteiger partial charge is 0.497 e. The quantitative estimate of drug-likeness (QED) is 0.779. The zero-order chi connectivity index (χ0) is 11.5. The molecule has 1 heterocycles. The molecule has 0 bridgehead atoms. The molecule has 1 aliphatic heterocycles. The number of rotatable bonds is 3. The van der Waals surface area contributed by atoms with Gasteiger partial charge in [0.2, 0.25) is 0 Å². The number of benzene rings is 1. The third-order valence-electron chi connectivity index (χ3n) is 2.86. The normalized spacial score (nSPS) is 24.7. The minimum atomic E-state index is 0.308. The summed E-state index contributed by atoms with van der Waals surface area (Å²) in [7, 11) is 1.70. The molecule has 0 spiro atoms. The van der Waals surface area contributed by atoms with Crippen LogP contribution in [0.5, 0.6) is 5.75 Å². The van der Waals surface area contributed by atoms with Gasteiger partial charge in [0.1, 0.15) is 5.75 Å². The van der Waals surface area contributed by atoms with Gasteiger partial charge < -0.3 is 4.74 Å². The molecule has 1 aromatic rings. The maximum Gasteiger partial charge on any atom is 0.119 e. The van der Waals surface area contributed by atoms with Crippen LogP contribution in [-0.2, 0) is 6.42 Å². The lowest BCUT2D eigenvalue weighted by Crippen LogP contribution is -2.15. The molecule has 4 heteroatoms. The number of thioether (sulfide) groups is 1. The van der Waals surface area contributed by atoms with E-state index in [1.807, 2.05) is 23.9 Å². The van der Waals surface area contributed by atoms with Crippen LogP contribution in [0.2, 0.25) is 0 Å². The molecule has 2 unspecified atom stereocenters. The smallest absolute Gasteiger partial charge is 0.119 e. The topological polar surface area (TPSA) is 9.23 Å². The van der Waals surface area contributed by atoms with Gasteiger partial charge in [-0.15, -0.1) is 11.6 Å². The molecule has 0 radical (unpaired) electrons. The number of methoxy groups -OCH3 is 1. The van der Waals surface area contributed by atoms with Gasteiger partial charge in [-0.1, -0.05) is 15.9 Å². The van der Waals surface area contributed by atoms with Crippen molar-refractivity contribution in [1.29, 1.82) is 0 Å². The highest BCUT2D eigenvalue weighted by Crippen LogP contribution is 2.33. The molecule has 0 saturated carbocycles. The monoisotopic (exact) mass is 320 g/mol. The zero-order valence-corrected chi connectivity index (χ0v) is 12.2. The van der Waals surface area contributed by atoms with E-state index in [0.717, 1.165) is 28.1 Å². The molecule has 0 aromatic heterocycles. The van der Waals surface area contributed by atoms with Gasteiger partial charge in [0.15, 0.2) is 0 Å². The van der Waals surface area contributed by atoms with Crippen molar-refractivity contribution in [3.8, 4) is 5.75 Å². The average molecular weight is 322 g/mol. The summed E-state index contributed by atoms with van der Waals surface area (Å²) in [6.07, 6.45) is 1.03. The summed E-state index contributed by atoms with van der Waals surface area (Å²) in [5.41, 5.74) is 1.29. The summed E-state index contributed by atoms with van der Waals surface area (Å²) in [5, 5.41) is 0.308. The lowest BCUT2D eigenvalue weighted by molar-refractivity contribution is 0.413. The number of ether oxygens (including phenoxy) is 1. The maximum atomic E-state index is 6.29. The fourth-order valence-corrected chi connectivity index (χ4v) is 4.12. The molecule has 2 rings (SSSR count). The average Bonchev–Trinajstić information content (AvgIpc) is 2.68. The molecular weight excluding hydrogens is 308 g/mol. The molecule has 0 amide bonds. The Bertz CT molecular complexity index is 372. The number of halogens is 2. The van der Waals surface area contributed by atoms with Crippen LogP contribution < -0.4 is 4.74 Å². The summed E-state index contributed by atoms with van der Waals surface area (Å²) in [6, 6.07) is 6.10. The molecule has 0 N–H and O–H groups in total. The summed E-state index contributed by atoms with van der Waals surface area (Å²) in [5.74, 6) is 3.73. The zero-order valence-electron chi connectivity index (χ0n) is 9.08. The van der Waals surface area contributed by atoms with Gasteiger partial charge in [-0.3, -0.25) is 0 Å². The first-order valence-electron chi connectivity index (χ1n) is 5.25. The van der Waals surface area contributed by atoms with E-state index < -0.39 is 0 Å². The highest BCUT2D eigenvalue weighted by atomic mass is 79.9. The Morgan fingerprint density at radius 2 is 2.31 bits per heavy atom. The summed E-state index contributed by atoms with van der Waals surface area (Å²) < 4.78 is 6.39. The molecule has 1 saturated heterocycles. The van der Waals surface area contributed by atoms with E-state index in [9.17, 15) is 0 Å².